The lowest BCUT2D eigenvalue weighted by Crippen LogP contribution is -1.97. The molecule has 0 saturated carbocycles. The summed E-state index contributed by atoms with van der Waals surface area (Å²) in [6.07, 6.45) is 0. The first kappa shape index (κ1) is 32.8. The van der Waals surface area contributed by atoms with E-state index in [1.54, 1.807) is 0 Å². The van der Waals surface area contributed by atoms with Gasteiger partial charge in [0.05, 0.1) is 22.4 Å². The highest BCUT2D eigenvalue weighted by Crippen LogP contribution is 2.50. The van der Waals surface area contributed by atoms with Gasteiger partial charge in [-0.05, 0) is 75.8 Å². The molecule has 0 amide bonds. The zero-order chi connectivity index (χ0) is 38.2. The van der Waals surface area contributed by atoms with Crippen molar-refractivity contribution in [3.63, 3.8) is 0 Å². The van der Waals surface area contributed by atoms with Crippen LogP contribution in [-0.4, -0.2) is 14.5 Å². The molecule has 0 aliphatic carbocycles. The van der Waals surface area contributed by atoms with Crippen molar-refractivity contribution in [3.8, 4) is 50.7 Å². The Bertz CT molecular complexity index is 3470. The minimum Gasteiger partial charge on any atom is -0.309 e. The van der Waals surface area contributed by atoms with Crippen molar-refractivity contribution >= 4 is 74.9 Å². The number of fused-ring (bicyclic) bond motifs is 12. The zero-order valence-electron chi connectivity index (χ0n) is 31.3. The summed E-state index contributed by atoms with van der Waals surface area (Å²) in [5.74, 6) is 0.701. The van der Waals surface area contributed by atoms with Crippen molar-refractivity contribution < 1.29 is 0 Å². The molecule has 0 N–H and O–H groups in total. The van der Waals surface area contributed by atoms with Crippen molar-refractivity contribution in [2.45, 2.75) is 0 Å². The molecule has 3 heterocycles. The van der Waals surface area contributed by atoms with Gasteiger partial charge in [0.1, 0.15) is 0 Å². The second-order valence-electron chi connectivity index (χ2n) is 14.9. The van der Waals surface area contributed by atoms with Crippen LogP contribution in [-0.2, 0) is 0 Å². The van der Waals surface area contributed by atoms with Crippen LogP contribution in [0.25, 0.3) is 114 Å². The fraction of sp³-hybridized carbons (Fsp3) is 0. The minimum absolute atomic E-state index is 0.701. The van der Waals surface area contributed by atoms with E-state index in [0.29, 0.717) is 5.82 Å². The third kappa shape index (κ3) is 5.12. The van der Waals surface area contributed by atoms with Gasteiger partial charge in [0.15, 0.2) is 5.82 Å². The molecular formula is C54H33N3S. The van der Waals surface area contributed by atoms with Crippen LogP contribution in [0.1, 0.15) is 0 Å². The molecule has 0 saturated heterocycles. The third-order valence-electron chi connectivity index (χ3n) is 11.6. The van der Waals surface area contributed by atoms with Gasteiger partial charge in [-0.2, -0.15) is 0 Å². The van der Waals surface area contributed by atoms with Crippen LogP contribution in [0.3, 0.4) is 0 Å². The third-order valence-corrected chi connectivity index (χ3v) is 12.8. The summed E-state index contributed by atoms with van der Waals surface area (Å²) in [5, 5.41) is 10.2. The summed E-state index contributed by atoms with van der Waals surface area (Å²) in [6.45, 7) is 0. The largest absolute Gasteiger partial charge is 0.309 e. The predicted octanol–water partition coefficient (Wildman–Crippen LogP) is 14.9. The molecule has 0 fully saturated rings. The molecule has 0 aliphatic heterocycles. The number of aromatic nitrogens is 3. The molecule has 3 nitrogen and oxygen atoms in total. The van der Waals surface area contributed by atoms with Gasteiger partial charge < -0.3 is 4.57 Å². The molecule has 0 spiro atoms. The average Bonchev–Trinajstić information content (AvgIpc) is 3.87. The van der Waals surface area contributed by atoms with E-state index < -0.39 is 0 Å². The molecule has 58 heavy (non-hydrogen) atoms. The van der Waals surface area contributed by atoms with E-state index in [0.717, 1.165) is 33.8 Å². The van der Waals surface area contributed by atoms with Crippen LogP contribution in [0.5, 0.6) is 0 Å². The average molecular weight is 756 g/mol. The van der Waals surface area contributed by atoms with Gasteiger partial charge in [-0.15, -0.1) is 11.3 Å². The molecular weight excluding hydrogens is 723 g/mol. The van der Waals surface area contributed by atoms with Crippen LogP contribution in [0.2, 0.25) is 0 Å². The van der Waals surface area contributed by atoms with Crippen molar-refractivity contribution in [2.75, 3.05) is 0 Å². The second-order valence-corrected chi connectivity index (χ2v) is 16.0. The Balaban J connectivity index is 1.12. The Kier molecular flexibility index (Phi) is 7.40. The normalized spacial score (nSPS) is 11.8. The Labute approximate surface area is 338 Å². The van der Waals surface area contributed by atoms with E-state index >= 15 is 0 Å². The molecule has 0 aliphatic rings. The van der Waals surface area contributed by atoms with Crippen molar-refractivity contribution in [1.82, 2.24) is 14.5 Å². The van der Waals surface area contributed by atoms with Crippen LogP contribution in [0.4, 0.5) is 0 Å². The highest BCUT2D eigenvalue weighted by molar-refractivity contribution is 7.27. The summed E-state index contributed by atoms with van der Waals surface area (Å²) in [7, 11) is 0. The summed E-state index contributed by atoms with van der Waals surface area (Å²) in [4.78, 5) is 10.3. The molecule has 270 valence electrons. The number of nitrogens with zero attached hydrogens (tertiary/aromatic N) is 3. The van der Waals surface area contributed by atoms with Gasteiger partial charge in [0.2, 0.25) is 0 Å². The lowest BCUT2D eigenvalue weighted by atomic mass is 9.96. The smallest absolute Gasteiger partial charge is 0.160 e. The number of rotatable bonds is 5. The van der Waals surface area contributed by atoms with Crippen LogP contribution < -0.4 is 0 Å². The van der Waals surface area contributed by atoms with Crippen LogP contribution in [0, 0.1) is 0 Å². The standard InChI is InChI=1S/C54H33N3S/c1-4-14-34(15-5-1)39-27-31-48-44(32-39)49-42-22-12-13-23-43(42)52-51(53(49)58-48)50-41-21-11-10-16-35(41)26-30-47(50)57(52)40-28-24-38(25-29-40)54-55-45(36-17-6-2-7-18-36)33-46(56-54)37-19-8-3-9-20-37/h1-33H. The molecule has 3 aromatic heterocycles. The maximum Gasteiger partial charge on any atom is 0.160 e. The van der Waals surface area contributed by atoms with E-state index in [1.165, 1.54) is 74.6 Å². The molecule has 0 radical (unpaired) electrons. The molecule has 12 aromatic rings. The summed E-state index contributed by atoms with van der Waals surface area (Å²) >= 11 is 1.91. The lowest BCUT2D eigenvalue weighted by molar-refractivity contribution is 1.17. The van der Waals surface area contributed by atoms with E-state index in [2.05, 4.69) is 193 Å². The maximum atomic E-state index is 5.13. The first-order valence-electron chi connectivity index (χ1n) is 19.7. The van der Waals surface area contributed by atoms with Gasteiger partial charge in [-0.3, -0.25) is 0 Å². The first-order valence-corrected chi connectivity index (χ1v) is 20.5. The fourth-order valence-corrected chi connectivity index (χ4v) is 10.2. The summed E-state index contributed by atoms with van der Waals surface area (Å²) < 4.78 is 5.11. The van der Waals surface area contributed by atoms with Gasteiger partial charge in [-0.1, -0.05) is 152 Å². The second kappa shape index (κ2) is 13.1. The predicted molar refractivity (Wildman–Crippen MR) is 246 cm³/mol. The number of benzene rings is 9. The number of thiophene rings is 1. The van der Waals surface area contributed by atoms with Crippen molar-refractivity contribution in [2.24, 2.45) is 0 Å². The first-order chi connectivity index (χ1) is 28.8. The van der Waals surface area contributed by atoms with Gasteiger partial charge in [-0.25, -0.2) is 9.97 Å². The number of hydrogen-bond acceptors (Lipinski definition) is 3. The van der Waals surface area contributed by atoms with E-state index in [1.807, 2.05) is 23.5 Å². The molecule has 0 atom stereocenters. The SMILES string of the molecule is c1ccc(-c2ccc3sc4c(c3c2)c2ccccc2c2c4c3c4ccccc4ccc3n2-c2ccc(-c3nc(-c4ccccc4)cc(-c4ccccc4)n3)cc2)cc1. The van der Waals surface area contributed by atoms with E-state index in [-0.39, 0.29) is 0 Å². The quantitative estimate of drug-likeness (QED) is 0.175. The summed E-state index contributed by atoms with van der Waals surface area (Å²) in [5.41, 5.74) is 10.9. The highest BCUT2D eigenvalue weighted by Gasteiger charge is 2.23. The van der Waals surface area contributed by atoms with E-state index in [9.17, 15) is 0 Å². The highest BCUT2D eigenvalue weighted by atomic mass is 32.1. The van der Waals surface area contributed by atoms with E-state index in [4.69, 9.17) is 9.97 Å². The summed E-state index contributed by atoms with van der Waals surface area (Å²) in [6, 6.07) is 71.7. The van der Waals surface area contributed by atoms with Crippen LogP contribution in [0.15, 0.2) is 200 Å². The molecule has 9 aromatic carbocycles. The lowest BCUT2D eigenvalue weighted by Gasteiger charge is -2.13. The topological polar surface area (TPSA) is 30.7 Å². The molecule has 0 bridgehead atoms. The zero-order valence-corrected chi connectivity index (χ0v) is 32.1. The maximum absolute atomic E-state index is 5.13. The van der Waals surface area contributed by atoms with Crippen molar-refractivity contribution in [3.05, 3.63) is 200 Å². The Morgan fingerprint density at radius 2 is 0.966 bits per heavy atom. The van der Waals surface area contributed by atoms with Crippen molar-refractivity contribution in [1.29, 1.82) is 0 Å². The van der Waals surface area contributed by atoms with Gasteiger partial charge in [0.25, 0.3) is 0 Å². The monoisotopic (exact) mass is 755 g/mol. The minimum atomic E-state index is 0.701. The van der Waals surface area contributed by atoms with Gasteiger partial charge >= 0.3 is 0 Å². The fourth-order valence-electron chi connectivity index (χ4n) is 8.91. The van der Waals surface area contributed by atoms with Crippen LogP contribution >= 0.6 is 11.3 Å². The number of hydrogen-bond donors (Lipinski definition) is 0. The molecule has 0 unspecified atom stereocenters. The molecule has 12 rings (SSSR count). The van der Waals surface area contributed by atoms with Gasteiger partial charge in [0, 0.05) is 58.7 Å². The Morgan fingerprint density at radius 3 is 1.66 bits per heavy atom. The Morgan fingerprint density at radius 1 is 0.379 bits per heavy atom. The Hall–Kier alpha value is -7.40. The molecule has 4 heteroatoms.